The average Bonchev–Trinajstić information content (AvgIpc) is 3.49. The van der Waals surface area contributed by atoms with Crippen molar-refractivity contribution in [1.29, 1.82) is 10.7 Å². The first-order chi connectivity index (χ1) is 20.1. The van der Waals surface area contributed by atoms with Gasteiger partial charge in [-0.2, -0.15) is 18.4 Å². The topological polar surface area (TPSA) is 134 Å². The second-order valence-corrected chi connectivity index (χ2v) is 10.5. The van der Waals surface area contributed by atoms with Gasteiger partial charge in [-0.3, -0.25) is 15.1 Å². The maximum atomic E-state index is 13.4. The van der Waals surface area contributed by atoms with Gasteiger partial charge in [0.25, 0.3) is 0 Å². The number of amides is 1. The number of rotatable bonds is 8. The highest BCUT2D eigenvalue weighted by Crippen LogP contribution is 2.68. The molecule has 17 heteroatoms. The quantitative estimate of drug-likeness (QED) is 0.0992. The number of halogens is 8. The Morgan fingerprint density at radius 2 is 1.88 bits per heavy atom. The summed E-state index contributed by atoms with van der Waals surface area (Å²) in [6.45, 7) is 0.672. The Balaban J connectivity index is 1.75. The Bertz CT molecular complexity index is 1510. The molecule has 2 aliphatic rings. The Hall–Kier alpha value is -3.74. The largest absolute Gasteiger partial charge is 0.573 e. The molecule has 4 rings (SSSR count). The minimum absolute atomic E-state index is 0.0204. The SMILES string of the molecule is CCC1C2C(N1C(=O)CO)C2(CN=C(NC#N)Nc1cc(C(F)(F)F)ccc1OC(F)(F)F)C(=N)c1ccc(Cl)c(Cl)c1. The number of hydrogen-bond donors (Lipinski definition) is 4. The Morgan fingerprint density at radius 1 is 1.19 bits per heavy atom. The molecule has 2 aromatic rings. The normalized spacial score (nSPS) is 23.0. The van der Waals surface area contributed by atoms with E-state index in [0.717, 1.165) is 0 Å². The van der Waals surface area contributed by atoms with Crippen LogP contribution in [-0.4, -0.2) is 59.2 Å². The van der Waals surface area contributed by atoms with Gasteiger partial charge in [0.1, 0.15) is 6.61 Å². The van der Waals surface area contributed by atoms with Crippen molar-refractivity contribution in [3.63, 3.8) is 0 Å². The van der Waals surface area contributed by atoms with E-state index in [1.165, 1.54) is 29.3 Å². The molecule has 0 radical (unpaired) electrons. The summed E-state index contributed by atoms with van der Waals surface area (Å²) in [6.07, 6.45) is -8.20. The zero-order chi connectivity index (χ0) is 31.9. The van der Waals surface area contributed by atoms with Gasteiger partial charge in [0, 0.05) is 17.7 Å². The number of carbonyl (C=O) groups excluding carboxylic acids is 1. The van der Waals surface area contributed by atoms with Gasteiger partial charge in [-0.15, -0.1) is 13.2 Å². The van der Waals surface area contributed by atoms with Crippen LogP contribution in [-0.2, 0) is 11.0 Å². The minimum Gasteiger partial charge on any atom is -0.404 e. The lowest BCUT2D eigenvalue weighted by atomic mass is 9.89. The Kier molecular flexibility index (Phi) is 8.79. The first-order valence-corrected chi connectivity index (χ1v) is 13.2. The molecule has 2 aromatic carbocycles. The summed E-state index contributed by atoms with van der Waals surface area (Å²) in [5.41, 5.74) is -3.00. The van der Waals surface area contributed by atoms with Crippen LogP contribution in [0.1, 0.15) is 24.5 Å². The smallest absolute Gasteiger partial charge is 0.404 e. The monoisotopic (exact) mass is 650 g/mol. The number of nitrogens with one attached hydrogen (secondary N) is 3. The van der Waals surface area contributed by atoms with E-state index in [4.69, 9.17) is 28.6 Å². The van der Waals surface area contributed by atoms with E-state index in [2.05, 4.69) is 20.4 Å². The zero-order valence-corrected chi connectivity index (χ0v) is 23.5. The van der Waals surface area contributed by atoms with Crippen LogP contribution < -0.4 is 15.4 Å². The number of benzene rings is 2. The number of aliphatic hydroxyl groups is 1. The summed E-state index contributed by atoms with van der Waals surface area (Å²) < 4.78 is 82.9. The number of nitriles is 1. The predicted molar refractivity (Wildman–Crippen MR) is 144 cm³/mol. The molecule has 1 aliphatic carbocycles. The molecule has 4 atom stereocenters. The number of guanidine groups is 1. The molecule has 1 saturated carbocycles. The summed E-state index contributed by atoms with van der Waals surface area (Å²) in [6, 6.07) is 4.65. The minimum atomic E-state index is -5.25. The van der Waals surface area contributed by atoms with Crippen molar-refractivity contribution in [3.8, 4) is 11.9 Å². The van der Waals surface area contributed by atoms with E-state index < -0.39 is 65.5 Å². The maximum Gasteiger partial charge on any atom is 0.573 e. The lowest BCUT2D eigenvalue weighted by Gasteiger charge is -2.39. The third-order valence-corrected chi connectivity index (χ3v) is 8.14. The Labute approximate surface area is 250 Å². The lowest BCUT2D eigenvalue weighted by molar-refractivity contribution is -0.274. The number of aliphatic hydroxyl groups excluding tert-OH is 1. The van der Waals surface area contributed by atoms with Crippen molar-refractivity contribution in [1.82, 2.24) is 10.2 Å². The van der Waals surface area contributed by atoms with Crippen LogP contribution in [0.15, 0.2) is 41.4 Å². The van der Waals surface area contributed by atoms with E-state index in [9.17, 15) is 41.5 Å². The molecule has 230 valence electrons. The number of ether oxygens (including phenoxy) is 1. The van der Waals surface area contributed by atoms with Crippen LogP contribution >= 0.6 is 23.2 Å². The van der Waals surface area contributed by atoms with Gasteiger partial charge in [-0.05, 0) is 42.3 Å². The van der Waals surface area contributed by atoms with Crippen LogP contribution in [0.4, 0.5) is 32.0 Å². The first-order valence-electron chi connectivity index (χ1n) is 12.5. The summed E-state index contributed by atoms with van der Waals surface area (Å²) in [5.74, 6) is -2.50. The number of fused-ring (bicyclic) bond motifs is 1. The zero-order valence-electron chi connectivity index (χ0n) is 21.9. The summed E-state index contributed by atoms with van der Waals surface area (Å²) >= 11 is 12.2. The maximum absolute atomic E-state index is 13.4. The number of alkyl halides is 6. The molecule has 1 heterocycles. The van der Waals surface area contributed by atoms with Gasteiger partial charge in [0.2, 0.25) is 11.9 Å². The number of likely N-dealkylation sites (tertiary alicyclic amines) is 1. The number of hydrogen-bond acceptors (Lipinski definition) is 6. The fourth-order valence-electron chi connectivity index (χ4n) is 5.60. The van der Waals surface area contributed by atoms with Crippen LogP contribution in [0.2, 0.25) is 10.0 Å². The van der Waals surface area contributed by atoms with Crippen molar-refractivity contribution in [2.45, 2.75) is 38.0 Å². The van der Waals surface area contributed by atoms with Crippen molar-refractivity contribution < 1.29 is 41.0 Å². The number of carbonyl (C=O) groups is 1. The van der Waals surface area contributed by atoms with Crippen LogP contribution in [0.3, 0.4) is 0 Å². The van der Waals surface area contributed by atoms with Gasteiger partial charge >= 0.3 is 12.5 Å². The molecule has 1 aliphatic heterocycles. The second-order valence-electron chi connectivity index (χ2n) is 9.73. The number of nitrogens with zero attached hydrogens (tertiary/aromatic N) is 3. The summed E-state index contributed by atoms with van der Waals surface area (Å²) in [7, 11) is 0. The highest BCUT2D eigenvalue weighted by Gasteiger charge is 2.80. The average molecular weight is 651 g/mol. The van der Waals surface area contributed by atoms with Crippen LogP contribution in [0.5, 0.6) is 5.75 Å². The predicted octanol–water partition coefficient (Wildman–Crippen LogP) is 5.42. The van der Waals surface area contributed by atoms with E-state index in [0.29, 0.717) is 30.2 Å². The van der Waals surface area contributed by atoms with E-state index in [1.54, 1.807) is 6.92 Å². The molecular weight excluding hydrogens is 629 g/mol. The highest BCUT2D eigenvalue weighted by atomic mass is 35.5. The standard InChI is InChI=1S/C26H22Cl2F6N6O3/c1-2-17-20-22(40(17)19(42)9-41)24(20,21(36)12-3-5-14(27)15(28)7-12)10-37-23(38-11-35)39-16-8-13(25(29,30)31)4-6-18(16)43-26(32,33)34/h3-8,17,20,22,36,41H,2,9-10H2,1H3,(H2,37,38,39). The molecular formula is C26H22Cl2F6N6O3. The van der Waals surface area contributed by atoms with Crippen molar-refractivity contribution >= 4 is 46.5 Å². The lowest BCUT2D eigenvalue weighted by Crippen LogP contribution is -2.53. The van der Waals surface area contributed by atoms with Crippen LogP contribution in [0.25, 0.3) is 0 Å². The van der Waals surface area contributed by atoms with E-state index >= 15 is 0 Å². The van der Waals surface area contributed by atoms with E-state index in [1.807, 2.05) is 0 Å². The molecule has 1 saturated heterocycles. The van der Waals surface area contributed by atoms with Crippen molar-refractivity contribution in [3.05, 3.63) is 57.6 Å². The third kappa shape index (κ3) is 6.17. The summed E-state index contributed by atoms with van der Waals surface area (Å²) in [4.78, 5) is 18.2. The molecule has 43 heavy (non-hydrogen) atoms. The fraction of sp³-hybridized carbons (Fsp3) is 0.385. The van der Waals surface area contributed by atoms with Gasteiger partial charge < -0.3 is 25.5 Å². The molecule has 4 N–H and O–H groups in total. The Morgan fingerprint density at radius 3 is 2.44 bits per heavy atom. The number of aliphatic imine (C=N–C) groups is 1. The van der Waals surface area contributed by atoms with Crippen molar-refractivity contribution in [2.24, 2.45) is 16.3 Å². The van der Waals surface area contributed by atoms with Gasteiger partial charge in [0.15, 0.2) is 11.9 Å². The van der Waals surface area contributed by atoms with Crippen LogP contribution in [0, 0.1) is 28.2 Å². The molecule has 9 nitrogen and oxygen atoms in total. The molecule has 1 amide bonds. The number of anilines is 1. The van der Waals surface area contributed by atoms with Gasteiger partial charge in [-0.1, -0.05) is 36.2 Å². The highest BCUT2D eigenvalue weighted by molar-refractivity contribution is 6.42. The van der Waals surface area contributed by atoms with Crippen molar-refractivity contribution in [2.75, 3.05) is 18.5 Å². The van der Waals surface area contributed by atoms with E-state index in [-0.39, 0.29) is 28.2 Å². The van der Waals surface area contributed by atoms with Gasteiger partial charge in [0.05, 0.1) is 39.3 Å². The molecule has 0 aromatic heterocycles. The molecule has 0 spiro atoms. The molecule has 2 fully saturated rings. The third-order valence-electron chi connectivity index (χ3n) is 7.40. The molecule has 0 bridgehead atoms. The summed E-state index contributed by atoms with van der Waals surface area (Å²) in [5, 5.41) is 32.6. The van der Waals surface area contributed by atoms with Gasteiger partial charge in [-0.25, -0.2) is 0 Å². The fourth-order valence-corrected chi connectivity index (χ4v) is 5.90. The second kappa shape index (κ2) is 11.7. The molecule has 4 unspecified atom stereocenters. The first kappa shape index (κ1) is 32.2.